The maximum absolute atomic E-state index is 11.7. The van der Waals surface area contributed by atoms with E-state index in [2.05, 4.69) is 32.2 Å². The van der Waals surface area contributed by atoms with Gasteiger partial charge >= 0.3 is 0 Å². The molecule has 120 valence electrons. The van der Waals surface area contributed by atoms with Gasteiger partial charge in [0, 0.05) is 4.88 Å². The fraction of sp³-hybridized carbons (Fsp3) is 0.625. The quantitative estimate of drug-likeness (QED) is 0.777. The fourth-order valence-corrected chi connectivity index (χ4v) is 4.30. The molecule has 1 aliphatic carbocycles. The number of carbonyl (C=O) groups is 1. The van der Waals surface area contributed by atoms with Crippen LogP contribution in [-0.4, -0.2) is 10.7 Å². The van der Waals surface area contributed by atoms with Gasteiger partial charge in [-0.05, 0) is 36.2 Å². The Morgan fingerprint density at radius 1 is 1.55 bits per heavy atom. The number of nitrogens with zero attached hydrogens (tertiary/aromatic N) is 1. The minimum absolute atomic E-state index is 0.287. The lowest BCUT2D eigenvalue weighted by molar-refractivity contribution is -0.114. The number of alkyl halides is 2. The Morgan fingerprint density at radius 2 is 2.23 bits per heavy atom. The Kier molecular flexibility index (Phi) is 5.42. The van der Waals surface area contributed by atoms with Crippen molar-refractivity contribution in [3.05, 3.63) is 16.0 Å². The number of thiophene rings is 1. The van der Waals surface area contributed by atoms with Crippen LogP contribution in [0.1, 0.15) is 49.6 Å². The van der Waals surface area contributed by atoms with E-state index in [0.717, 1.165) is 31.2 Å². The summed E-state index contributed by atoms with van der Waals surface area (Å²) in [5.74, 6) is 0.122. The molecule has 22 heavy (non-hydrogen) atoms. The molecule has 0 aliphatic heterocycles. The summed E-state index contributed by atoms with van der Waals surface area (Å²) in [5.41, 5.74) is 1.96. The first kappa shape index (κ1) is 17.6. The Labute approximate surface area is 145 Å². The number of amides is 1. The van der Waals surface area contributed by atoms with Crippen LogP contribution in [0.3, 0.4) is 0 Å². The van der Waals surface area contributed by atoms with Crippen molar-refractivity contribution in [3.8, 4) is 6.07 Å². The number of hydrogen-bond acceptors (Lipinski definition) is 3. The molecule has 1 atom stereocenters. The van der Waals surface area contributed by atoms with Gasteiger partial charge in [0.05, 0.1) is 5.56 Å². The average molecular weight is 359 g/mol. The second-order valence-corrected chi connectivity index (χ2v) is 8.59. The van der Waals surface area contributed by atoms with Crippen LogP contribution in [0.15, 0.2) is 0 Å². The molecule has 1 aromatic rings. The molecule has 0 aromatic carbocycles. The van der Waals surface area contributed by atoms with Crippen molar-refractivity contribution in [1.82, 2.24) is 0 Å². The normalized spacial score (nSPS) is 18.0. The number of anilines is 1. The molecule has 0 saturated heterocycles. The van der Waals surface area contributed by atoms with E-state index in [-0.39, 0.29) is 5.41 Å². The standard InChI is InChI=1S/C16H20Cl2N2OS/c1-4-16(2,3)9-5-6-10-11(8-19)15(22-12(10)7-9)20-14(21)13(17)18/h9,13H,4-7H2,1-3H3,(H,20,21). The predicted molar refractivity (Wildman–Crippen MR) is 92.7 cm³/mol. The van der Waals surface area contributed by atoms with Crippen LogP contribution in [0, 0.1) is 22.7 Å². The third kappa shape index (κ3) is 3.42. The summed E-state index contributed by atoms with van der Waals surface area (Å²) in [7, 11) is 0. The first-order chi connectivity index (χ1) is 10.3. The molecule has 3 nitrogen and oxygen atoms in total. The molecule has 1 aliphatic rings. The summed E-state index contributed by atoms with van der Waals surface area (Å²) in [6.07, 6.45) is 4.08. The second kappa shape index (κ2) is 6.78. The van der Waals surface area contributed by atoms with Crippen molar-refractivity contribution in [2.24, 2.45) is 11.3 Å². The van der Waals surface area contributed by atoms with Crippen LogP contribution >= 0.6 is 34.5 Å². The second-order valence-electron chi connectivity index (χ2n) is 6.39. The van der Waals surface area contributed by atoms with Crippen LogP contribution in [0.4, 0.5) is 5.00 Å². The molecule has 0 bridgehead atoms. The first-order valence-corrected chi connectivity index (χ1v) is 9.12. The van der Waals surface area contributed by atoms with Gasteiger partial charge < -0.3 is 5.32 Å². The molecule has 6 heteroatoms. The van der Waals surface area contributed by atoms with Gasteiger partial charge in [0.2, 0.25) is 0 Å². The average Bonchev–Trinajstić information content (AvgIpc) is 2.82. The van der Waals surface area contributed by atoms with E-state index in [0.29, 0.717) is 16.5 Å². The van der Waals surface area contributed by atoms with Crippen LogP contribution in [0.2, 0.25) is 0 Å². The number of carbonyl (C=O) groups excluding carboxylic acids is 1. The Morgan fingerprint density at radius 3 is 2.77 bits per heavy atom. The summed E-state index contributed by atoms with van der Waals surface area (Å²) in [4.78, 5) is 11.8. The molecule has 1 heterocycles. The van der Waals surface area contributed by atoms with E-state index in [4.69, 9.17) is 23.2 Å². The minimum Gasteiger partial charge on any atom is -0.314 e. The maximum atomic E-state index is 11.7. The highest BCUT2D eigenvalue weighted by atomic mass is 35.5. The van der Waals surface area contributed by atoms with Crippen molar-refractivity contribution in [1.29, 1.82) is 5.26 Å². The summed E-state index contributed by atoms with van der Waals surface area (Å²) in [6, 6.07) is 2.23. The number of nitriles is 1. The van der Waals surface area contributed by atoms with E-state index in [1.165, 1.54) is 16.2 Å². The predicted octanol–water partition coefficient (Wildman–Crippen LogP) is 4.90. The molecule has 2 rings (SSSR count). The highest BCUT2D eigenvalue weighted by molar-refractivity contribution is 7.16. The smallest absolute Gasteiger partial charge is 0.258 e. The highest BCUT2D eigenvalue weighted by Gasteiger charge is 2.34. The highest BCUT2D eigenvalue weighted by Crippen LogP contribution is 2.45. The molecular weight excluding hydrogens is 339 g/mol. The third-order valence-electron chi connectivity index (χ3n) is 4.83. The zero-order valence-corrected chi connectivity index (χ0v) is 15.3. The number of nitrogens with one attached hydrogen (secondary N) is 1. The van der Waals surface area contributed by atoms with Gasteiger partial charge in [-0.1, -0.05) is 50.4 Å². The van der Waals surface area contributed by atoms with E-state index < -0.39 is 10.7 Å². The number of rotatable bonds is 4. The molecule has 0 spiro atoms. The summed E-state index contributed by atoms with van der Waals surface area (Å²) < 4.78 is 0. The zero-order chi connectivity index (χ0) is 16.5. The molecule has 0 radical (unpaired) electrons. The van der Waals surface area contributed by atoms with E-state index in [9.17, 15) is 10.1 Å². The van der Waals surface area contributed by atoms with Crippen molar-refractivity contribution in [2.75, 3.05) is 5.32 Å². The van der Waals surface area contributed by atoms with E-state index in [1.54, 1.807) is 0 Å². The Hall–Kier alpha value is -0.760. The van der Waals surface area contributed by atoms with Crippen LogP contribution in [0.5, 0.6) is 0 Å². The summed E-state index contributed by atoms with van der Waals surface area (Å²) >= 11 is 12.6. The SMILES string of the molecule is CCC(C)(C)C1CCc2c(sc(NC(=O)C(Cl)Cl)c2C#N)C1. The number of halogens is 2. The van der Waals surface area contributed by atoms with Crippen LogP contribution in [-0.2, 0) is 17.6 Å². The molecule has 1 aromatic heterocycles. The largest absolute Gasteiger partial charge is 0.314 e. The maximum Gasteiger partial charge on any atom is 0.258 e. The first-order valence-electron chi connectivity index (χ1n) is 7.43. The van der Waals surface area contributed by atoms with Crippen LogP contribution in [0.25, 0.3) is 0 Å². The van der Waals surface area contributed by atoms with Crippen molar-refractivity contribution in [2.45, 2.75) is 51.3 Å². The van der Waals surface area contributed by atoms with Crippen molar-refractivity contribution < 1.29 is 4.79 Å². The zero-order valence-electron chi connectivity index (χ0n) is 13.0. The van der Waals surface area contributed by atoms with Gasteiger partial charge in [0.1, 0.15) is 11.1 Å². The molecule has 1 unspecified atom stereocenters. The molecule has 0 fully saturated rings. The number of hydrogen-bond donors (Lipinski definition) is 1. The Balaban J connectivity index is 2.29. The van der Waals surface area contributed by atoms with Crippen LogP contribution < -0.4 is 5.32 Å². The van der Waals surface area contributed by atoms with Gasteiger partial charge in [-0.3, -0.25) is 4.79 Å². The topological polar surface area (TPSA) is 52.9 Å². The monoisotopic (exact) mass is 358 g/mol. The van der Waals surface area contributed by atoms with Crippen molar-refractivity contribution >= 4 is 45.4 Å². The minimum atomic E-state index is -1.13. The summed E-state index contributed by atoms with van der Waals surface area (Å²) in [6.45, 7) is 6.82. The molecule has 1 N–H and O–H groups in total. The fourth-order valence-electron chi connectivity index (χ4n) is 2.91. The molecule has 0 saturated carbocycles. The lowest BCUT2D eigenvalue weighted by atomic mass is 9.69. The van der Waals surface area contributed by atoms with Crippen molar-refractivity contribution in [3.63, 3.8) is 0 Å². The lowest BCUT2D eigenvalue weighted by Crippen LogP contribution is -2.28. The van der Waals surface area contributed by atoms with Gasteiger partial charge in [-0.15, -0.1) is 11.3 Å². The van der Waals surface area contributed by atoms with Gasteiger partial charge in [0.15, 0.2) is 4.84 Å². The summed E-state index contributed by atoms with van der Waals surface area (Å²) in [5, 5.41) is 12.7. The van der Waals surface area contributed by atoms with Gasteiger partial charge in [-0.25, -0.2) is 0 Å². The molecule has 1 amide bonds. The van der Waals surface area contributed by atoms with E-state index >= 15 is 0 Å². The molecular formula is C16H20Cl2N2OS. The van der Waals surface area contributed by atoms with E-state index in [1.807, 2.05) is 0 Å². The van der Waals surface area contributed by atoms with Gasteiger partial charge in [-0.2, -0.15) is 5.26 Å². The van der Waals surface area contributed by atoms with Gasteiger partial charge in [0.25, 0.3) is 5.91 Å². The lowest BCUT2D eigenvalue weighted by Gasteiger charge is -2.36. The third-order valence-corrected chi connectivity index (χ3v) is 6.39. The Bertz CT molecular complexity index is 616. The number of fused-ring (bicyclic) bond motifs is 1.